The third-order valence-corrected chi connectivity index (χ3v) is 3.12. The van der Waals surface area contributed by atoms with E-state index in [0.717, 1.165) is 5.56 Å². The van der Waals surface area contributed by atoms with Crippen molar-refractivity contribution in [2.24, 2.45) is 5.73 Å². The Bertz CT molecular complexity index is 852. The predicted molar refractivity (Wildman–Crippen MR) is 76.7 cm³/mol. The summed E-state index contributed by atoms with van der Waals surface area (Å²) in [7, 11) is 0. The average molecular weight is 282 g/mol. The highest BCUT2D eigenvalue weighted by atomic mass is 16.6. The molecule has 0 spiro atoms. The van der Waals surface area contributed by atoms with Crippen LogP contribution >= 0.6 is 0 Å². The molecule has 1 amide bonds. The highest BCUT2D eigenvalue weighted by Gasteiger charge is 2.10. The molecule has 21 heavy (non-hydrogen) atoms. The van der Waals surface area contributed by atoms with Gasteiger partial charge in [-0.25, -0.2) is 4.98 Å². The minimum Gasteiger partial charge on any atom is -0.366 e. The normalized spacial score (nSPS) is 10.7. The topological polar surface area (TPSA) is 115 Å². The van der Waals surface area contributed by atoms with Gasteiger partial charge in [-0.05, 0) is 30.3 Å². The predicted octanol–water partition coefficient (Wildman–Crippen LogP) is 2.24. The van der Waals surface area contributed by atoms with Crippen molar-refractivity contribution in [3.63, 3.8) is 0 Å². The molecule has 0 aliphatic heterocycles. The number of nitrogens with zero attached hydrogens (tertiary/aromatic N) is 2. The summed E-state index contributed by atoms with van der Waals surface area (Å²) in [6.07, 6.45) is 0. The SMILES string of the molecule is NC(=O)c1ccc2nc(-c3ccc([N+](=O)[O-])cc3)[nH]c2c1. The summed E-state index contributed by atoms with van der Waals surface area (Å²) in [5.74, 6) is 0.0601. The molecule has 3 N–H and O–H groups in total. The summed E-state index contributed by atoms with van der Waals surface area (Å²) in [5, 5.41) is 10.6. The number of imidazole rings is 1. The maximum absolute atomic E-state index is 11.1. The number of rotatable bonds is 3. The van der Waals surface area contributed by atoms with E-state index in [1.165, 1.54) is 12.1 Å². The highest BCUT2D eigenvalue weighted by Crippen LogP contribution is 2.23. The Hall–Kier alpha value is -3.22. The number of nitrogens with one attached hydrogen (secondary N) is 1. The number of non-ortho nitro benzene ring substituents is 1. The number of fused-ring (bicyclic) bond motifs is 1. The summed E-state index contributed by atoms with van der Waals surface area (Å²) in [6.45, 7) is 0. The Morgan fingerprint density at radius 3 is 2.52 bits per heavy atom. The summed E-state index contributed by atoms with van der Waals surface area (Å²) in [5.41, 5.74) is 7.73. The molecule has 1 heterocycles. The Kier molecular flexibility index (Phi) is 2.87. The van der Waals surface area contributed by atoms with Gasteiger partial charge in [0.1, 0.15) is 5.82 Å². The zero-order valence-electron chi connectivity index (χ0n) is 10.7. The molecular formula is C14H10N4O3. The number of nitro benzene ring substituents is 1. The molecule has 0 saturated carbocycles. The largest absolute Gasteiger partial charge is 0.366 e. The monoisotopic (exact) mass is 282 g/mol. The molecule has 0 unspecified atom stereocenters. The second-order valence-electron chi connectivity index (χ2n) is 4.49. The van der Waals surface area contributed by atoms with Gasteiger partial charge in [0.25, 0.3) is 5.69 Å². The van der Waals surface area contributed by atoms with E-state index in [-0.39, 0.29) is 5.69 Å². The summed E-state index contributed by atoms with van der Waals surface area (Å²) < 4.78 is 0. The van der Waals surface area contributed by atoms with Gasteiger partial charge in [0, 0.05) is 23.3 Å². The molecule has 0 bridgehead atoms. The number of benzene rings is 2. The fraction of sp³-hybridized carbons (Fsp3) is 0. The van der Waals surface area contributed by atoms with Crippen molar-refractivity contribution < 1.29 is 9.72 Å². The second kappa shape index (κ2) is 4.71. The van der Waals surface area contributed by atoms with Crippen LogP contribution in [0.1, 0.15) is 10.4 Å². The molecule has 0 radical (unpaired) electrons. The van der Waals surface area contributed by atoms with Gasteiger partial charge in [-0.15, -0.1) is 0 Å². The molecule has 0 aliphatic carbocycles. The van der Waals surface area contributed by atoms with Crippen LogP contribution < -0.4 is 5.73 Å². The Labute approximate surface area is 118 Å². The Morgan fingerprint density at radius 1 is 1.19 bits per heavy atom. The first-order valence-electron chi connectivity index (χ1n) is 6.09. The van der Waals surface area contributed by atoms with Crippen molar-refractivity contribution in [3.8, 4) is 11.4 Å². The van der Waals surface area contributed by atoms with Crippen LogP contribution in [0.15, 0.2) is 42.5 Å². The van der Waals surface area contributed by atoms with Gasteiger partial charge in [0.05, 0.1) is 16.0 Å². The maximum atomic E-state index is 11.1. The number of hydrogen-bond donors (Lipinski definition) is 2. The fourth-order valence-electron chi connectivity index (χ4n) is 2.04. The minimum absolute atomic E-state index is 0.0193. The van der Waals surface area contributed by atoms with Gasteiger partial charge in [-0.3, -0.25) is 14.9 Å². The van der Waals surface area contributed by atoms with Crippen LogP contribution in [0, 0.1) is 10.1 Å². The number of primary amides is 1. The number of nitrogens with two attached hydrogens (primary N) is 1. The van der Waals surface area contributed by atoms with E-state index in [9.17, 15) is 14.9 Å². The summed E-state index contributed by atoms with van der Waals surface area (Å²) in [6, 6.07) is 11.0. The van der Waals surface area contributed by atoms with Gasteiger partial charge < -0.3 is 10.7 Å². The van der Waals surface area contributed by atoms with Crippen LogP contribution in [-0.2, 0) is 0 Å². The van der Waals surface area contributed by atoms with E-state index in [2.05, 4.69) is 9.97 Å². The van der Waals surface area contributed by atoms with E-state index >= 15 is 0 Å². The Balaban J connectivity index is 2.04. The molecule has 7 nitrogen and oxygen atoms in total. The quantitative estimate of drug-likeness (QED) is 0.566. The lowest BCUT2D eigenvalue weighted by molar-refractivity contribution is -0.384. The smallest absolute Gasteiger partial charge is 0.269 e. The molecule has 0 aliphatic rings. The third-order valence-electron chi connectivity index (χ3n) is 3.12. The standard InChI is InChI=1S/C14H10N4O3/c15-13(19)9-3-6-11-12(7-9)17-14(16-11)8-1-4-10(5-2-8)18(20)21/h1-7H,(H2,15,19)(H,16,17). The van der Waals surface area contributed by atoms with E-state index in [1.807, 2.05) is 0 Å². The molecule has 0 saturated heterocycles. The first-order valence-corrected chi connectivity index (χ1v) is 6.09. The summed E-state index contributed by atoms with van der Waals surface area (Å²) >= 11 is 0. The molecular weight excluding hydrogens is 272 g/mol. The molecule has 7 heteroatoms. The fourth-order valence-corrected chi connectivity index (χ4v) is 2.04. The lowest BCUT2D eigenvalue weighted by Gasteiger charge is -1.95. The number of amides is 1. The minimum atomic E-state index is -0.511. The molecule has 0 atom stereocenters. The Morgan fingerprint density at radius 2 is 1.90 bits per heavy atom. The number of hydrogen-bond acceptors (Lipinski definition) is 4. The van der Waals surface area contributed by atoms with Crippen LogP contribution in [0.2, 0.25) is 0 Å². The number of nitro groups is 1. The van der Waals surface area contributed by atoms with Gasteiger partial charge in [-0.1, -0.05) is 0 Å². The van der Waals surface area contributed by atoms with Crippen molar-refractivity contribution in [1.82, 2.24) is 9.97 Å². The van der Waals surface area contributed by atoms with Gasteiger partial charge in [-0.2, -0.15) is 0 Å². The summed E-state index contributed by atoms with van der Waals surface area (Å²) in [4.78, 5) is 28.8. The van der Waals surface area contributed by atoms with Gasteiger partial charge in [0.15, 0.2) is 0 Å². The zero-order valence-corrected chi connectivity index (χ0v) is 10.7. The van der Waals surface area contributed by atoms with E-state index in [1.54, 1.807) is 30.3 Å². The average Bonchev–Trinajstić information content (AvgIpc) is 2.90. The van der Waals surface area contributed by atoms with Crippen molar-refractivity contribution >= 4 is 22.6 Å². The first kappa shape index (κ1) is 12.8. The molecule has 0 fully saturated rings. The second-order valence-corrected chi connectivity index (χ2v) is 4.49. The first-order chi connectivity index (χ1) is 10.0. The number of aromatic nitrogens is 2. The van der Waals surface area contributed by atoms with Crippen molar-refractivity contribution in [2.75, 3.05) is 0 Å². The molecule has 2 aromatic carbocycles. The van der Waals surface area contributed by atoms with Crippen LogP contribution in [0.3, 0.4) is 0 Å². The number of carbonyl (C=O) groups is 1. The molecule has 3 rings (SSSR count). The number of H-pyrrole nitrogens is 1. The molecule has 3 aromatic rings. The number of carbonyl (C=O) groups excluding carboxylic acids is 1. The highest BCUT2D eigenvalue weighted by molar-refractivity contribution is 5.96. The maximum Gasteiger partial charge on any atom is 0.269 e. The van der Waals surface area contributed by atoms with Gasteiger partial charge >= 0.3 is 0 Å². The van der Waals surface area contributed by atoms with Gasteiger partial charge in [0.2, 0.25) is 5.91 Å². The molecule has 104 valence electrons. The molecule has 1 aromatic heterocycles. The van der Waals surface area contributed by atoms with Crippen LogP contribution in [0.5, 0.6) is 0 Å². The lowest BCUT2D eigenvalue weighted by Crippen LogP contribution is -2.10. The van der Waals surface area contributed by atoms with Crippen LogP contribution in [0.4, 0.5) is 5.69 Å². The van der Waals surface area contributed by atoms with E-state index in [0.29, 0.717) is 22.4 Å². The van der Waals surface area contributed by atoms with E-state index < -0.39 is 10.8 Å². The van der Waals surface area contributed by atoms with E-state index in [4.69, 9.17) is 5.73 Å². The zero-order chi connectivity index (χ0) is 15.0. The van der Waals surface area contributed by atoms with Crippen LogP contribution in [0.25, 0.3) is 22.4 Å². The number of aromatic amines is 1. The van der Waals surface area contributed by atoms with Crippen molar-refractivity contribution in [3.05, 3.63) is 58.1 Å². The van der Waals surface area contributed by atoms with Crippen molar-refractivity contribution in [1.29, 1.82) is 0 Å². The lowest BCUT2D eigenvalue weighted by atomic mass is 10.2. The third kappa shape index (κ3) is 2.32. The van der Waals surface area contributed by atoms with Crippen LogP contribution in [-0.4, -0.2) is 20.8 Å². The van der Waals surface area contributed by atoms with Crippen molar-refractivity contribution in [2.45, 2.75) is 0 Å².